The molecule has 2 aromatic rings. The predicted molar refractivity (Wildman–Crippen MR) is 82.9 cm³/mol. The van der Waals surface area contributed by atoms with Crippen molar-refractivity contribution in [3.05, 3.63) is 33.8 Å². The number of rotatable bonds is 6. The number of anilines is 2. The Morgan fingerprint density at radius 2 is 2.20 bits per heavy atom. The highest BCUT2D eigenvalue weighted by molar-refractivity contribution is 7.12. The monoisotopic (exact) mass is 292 g/mol. The fourth-order valence-electron chi connectivity index (χ4n) is 1.83. The Balaban J connectivity index is 2.10. The van der Waals surface area contributed by atoms with E-state index in [0.29, 0.717) is 24.9 Å². The lowest BCUT2D eigenvalue weighted by Crippen LogP contribution is -2.10. The Hall–Kier alpha value is -1.66. The van der Waals surface area contributed by atoms with Crippen molar-refractivity contribution >= 4 is 23.0 Å². The molecule has 108 valence electrons. The van der Waals surface area contributed by atoms with Gasteiger partial charge in [-0.25, -0.2) is 9.97 Å². The number of hydrogen-bond donors (Lipinski definition) is 2. The van der Waals surface area contributed by atoms with Crippen LogP contribution >= 0.6 is 11.3 Å². The molecule has 1 unspecified atom stereocenters. The number of aryl methyl sites for hydroxylation is 1. The lowest BCUT2D eigenvalue weighted by molar-refractivity contribution is 0.128. The van der Waals surface area contributed by atoms with E-state index in [0.717, 1.165) is 5.82 Å². The van der Waals surface area contributed by atoms with E-state index in [1.54, 1.807) is 17.4 Å². The molecule has 0 spiro atoms. The number of nitrogens with zero attached hydrogens (tertiary/aromatic N) is 2. The maximum Gasteiger partial charge on any atom is 0.158 e. The molecule has 6 heteroatoms. The van der Waals surface area contributed by atoms with E-state index in [1.807, 2.05) is 6.92 Å². The second-order valence-electron chi connectivity index (χ2n) is 4.55. The maximum atomic E-state index is 5.81. The van der Waals surface area contributed by atoms with Gasteiger partial charge in [0.2, 0.25) is 0 Å². The molecule has 0 fully saturated rings. The van der Waals surface area contributed by atoms with Crippen molar-refractivity contribution < 1.29 is 4.74 Å². The average molecular weight is 292 g/mol. The lowest BCUT2D eigenvalue weighted by atomic mass is 10.2. The third-order valence-electron chi connectivity index (χ3n) is 2.78. The van der Waals surface area contributed by atoms with Crippen LogP contribution in [-0.4, -0.2) is 16.6 Å². The quantitative estimate of drug-likeness (QED) is 0.855. The Morgan fingerprint density at radius 1 is 1.40 bits per heavy atom. The molecule has 0 bridgehead atoms. The topological polar surface area (TPSA) is 73.1 Å². The van der Waals surface area contributed by atoms with E-state index in [-0.39, 0.29) is 6.04 Å². The highest BCUT2D eigenvalue weighted by atomic mass is 32.1. The summed E-state index contributed by atoms with van der Waals surface area (Å²) in [5, 5.41) is 3.35. The van der Waals surface area contributed by atoms with E-state index >= 15 is 0 Å². The van der Waals surface area contributed by atoms with Gasteiger partial charge >= 0.3 is 0 Å². The van der Waals surface area contributed by atoms with Crippen LogP contribution in [0.15, 0.2) is 18.2 Å². The second-order valence-corrected chi connectivity index (χ2v) is 5.87. The number of thiophene rings is 1. The van der Waals surface area contributed by atoms with Crippen molar-refractivity contribution in [2.45, 2.75) is 33.4 Å². The minimum Gasteiger partial charge on any atom is -0.384 e. The number of nitrogen functional groups attached to an aromatic ring is 1. The van der Waals surface area contributed by atoms with Crippen molar-refractivity contribution in [2.24, 2.45) is 0 Å². The van der Waals surface area contributed by atoms with Crippen molar-refractivity contribution in [3.63, 3.8) is 0 Å². The van der Waals surface area contributed by atoms with Crippen molar-refractivity contribution in [1.82, 2.24) is 9.97 Å². The van der Waals surface area contributed by atoms with Crippen molar-refractivity contribution in [1.29, 1.82) is 0 Å². The van der Waals surface area contributed by atoms with Crippen LogP contribution in [0.5, 0.6) is 0 Å². The minimum absolute atomic E-state index is 0.183. The molecule has 0 aliphatic heterocycles. The molecule has 20 heavy (non-hydrogen) atoms. The molecule has 0 aromatic carbocycles. The molecule has 5 nitrogen and oxygen atoms in total. The predicted octanol–water partition coefficient (Wildman–Crippen LogP) is 3.14. The first-order valence-corrected chi connectivity index (χ1v) is 7.44. The Labute approximate surface area is 123 Å². The Morgan fingerprint density at radius 3 is 2.85 bits per heavy atom. The number of hydrogen-bond acceptors (Lipinski definition) is 6. The third kappa shape index (κ3) is 3.91. The fraction of sp³-hybridized carbons (Fsp3) is 0.429. The van der Waals surface area contributed by atoms with Crippen LogP contribution < -0.4 is 11.1 Å². The Kier molecular flexibility index (Phi) is 4.92. The summed E-state index contributed by atoms with van der Waals surface area (Å²) in [7, 11) is 0. The molecule has 0 aliphatic carbocycles. The first-order chi connectivity index (χ1) is 9.58. The smallest absolute Gasteiger partial charge is 0.158 e. The normalized spacial score (nSPS) is 12.3. The number of nitrogens with one attached hydrogen (secondary N) is 1. The van der Waals surface area contributed by atoms with E-state index in [9.17, 15) is 0 Å². The number of aromatic nitrogens is 2. The van der Waals surface area contributed by atoms with Gasteiger partial charge in [-0.2, -0.15) is 0 Å². The number of ether oxygens (including phenoxy) is 1. The highest BCUT2D eigenvalue weighted by Crippen LogP contribution is 2.25. The largest absolute Gasteiger partial charge is 0.384 e. The molecule has 0 radical (unpaired) electrons. The van der Waals surface area contributed by atoms with E-state index in [1.165, 1.54) is 9.75 Å². The van der Waals surface area contributed by atoms with Crippen LogP contribution in [0.3, 0.4) is 0 Å². The molecule has 0 saturated carbocycles. The molecular weight excluding hydrogens is 272 g/mol. The van der Waals surface area contributed by atoms with Crippen LogP contribution in [0, 0.1) is 6.92 Å². The van der Waals surface area contributed by atoms with Gasteiger partial charge < -0.3 is 15.8 Å². The summed E-state index contributed by atoms with van der Waals surface area (Å²) in [5.74, 6) is 1.78. The molecule has 0 aliphatic rings. The van der Waals surface area contributed by atoms with E-state index < -0.39 is 0 Å². The molecule has 1 atom stereocenters. The summed E-state index contributed by atoms with van der Waals surface area (Å²) in [6.07, 6.45) is 0. The van der Waals surface area contributed by atoms with Gasteiger partial charge in [0, 0.05) is 22.4 Å². The van der Waals surface area contributed by atoms with Gasteiger partial charge in [-0.15, -0.1) is 11.3 Å². The summed E-state index contributed by atoms with van der Waals surface area (Å²) >= 11 is 1.78. The standard InChI is InChI=1S/C14H20N4OS/c1-4-19-8-14-17-12(15)7-13(18-14)16-10(3)11-6-5-9(2)20-11/h5-7,10H,4,8H2,1-3H3,(H3,15,16,17,18). The zero-order valence-corrected chi connectivity index (χ0v) is 12.8. The molecule has 2 rings (SSSR count). The number of nitrogens with two attached hydrogens (primary N) is 1. The second kappa shape index (κ2) is 6.67. The van der Waals surface area contributed by atoms with Crippen LogP contribution in [0.2, 0.25) is 0 Å². The average Bonchev–Trinajstić information content (AvgIpc) is 2.82. The van der Waals surface area contributed by atoms with Gasteiger partial charge in [0.15, 0.2) is 5.82 Å². The van der Waals surface area contributed by atoms with Crippen LogP contribution in [0.1, 0.15) is 35.5 Å². The van der Waals surface area contributed by atoms with Crippen molar-refractivity contribution in [3.8, 4) is 0 Å². The molecule has 2 heterocycles. The fourth-order valence-corrected chi connectivity index (χ4v) is 2.71. The first-order valence-electron chi connectivity index (χ1n) is 6.62. The van der Waals surface area contributed by atoms with E-state index in [2.05, 4.69) is 41.3 Å². The van der Waals surface area contributed by atoms with Crippen LogP contribution in [0.25, 0.3) is 0 Å². The van der Waals surface area contributed by atoms with E-state index in [4.69, 9.17) is 10.5 Å². The summed E-state index contributed by atoms with van der Waals surface area (Å²) in [4.78, 5) is 11.1. The summed E-state index contributed by atoms with van der Waals surface area (Å²) < 4.78 is 5.32. The van der Waals surface area contributed by atoms with Gasteiger partial charge in [0.05, 0.1) is 6.04 Å². The van der Waals surface area contributed by atoms with Gasteiger partial charge in [-0.05, 0) is 32.9 Å². The first kappa shape index (κ1) is 14.7. The SMILES string of the molecule is CCOCc1nc(N)cc(NC(C)c2ccc(C)s2)n1. The van der Waals surface area contributed by atoms with Crippen LogP contribution in [-0.2, 0) is 11.3 Å². The molecular formula is C14H20N4OS. The zero-order chi connectivity index (χ0) is 14.5. The maximum absolute atomic E-state index is 5.81. The summed E-state index contributed by atoms with van der Waals surface area (Å²) in [6, 6.07) is 6.17. The summed E-state index contributed by atoms with van der Waals surface area (Å²) in [5.41, 5.74) is 5.81. The third-order valence-corrected chi connectivity index (χ3v) is 3.96. The van der Waals surface area contributed by atoms with Crippen LogP contribution in [0.4, 0.5) is 11.6 Å². The molecule has 2 aromatic heterocycles. The molecule has 0 amide bonds. The minimum atomic E-state index is 0.183. The Bertz CT molecular complexity index is 570. The lowest BCUT2D eigenvalue weighted by Gasteiger charge is -2.14. The summed E-state index contributed by atoms with van der Waals surface area (Å²) in [6.45, 7) is 7.15. The van der Waals surface area contributed by atoms with Gasteiger partial charge in [0.25, 0.3) is 0 Å². The van der Waals surface area contributed by atoms with Gasteiger partial charge in [-0.1, -0.05) is 0 Å². The zero-order valence-electron chi connectivity index (χ0n) is 12.0. The molecule has 3 N–H and O–H groups in total. The van der Waals surface area contributed by atoms with Gasteiger partial charge in [-0.3, -0.25) is 0 Å². The van der Waals surface area contributed by atoms with Gasteiger partial charge in [0.1, 0.15) is 18.2 Å². The van der Waals surface area contributed by atoms with Crippen molar-refractivity contribution in [2.75, 3.05) is 17.7 Å². The highest BCUT2D eigenvalue weighted by Gasteiger charge is 2.10. The molecule has 0 saturated heterocycles.